The first-order valence-electron chi connectivity index (χ1n) is 9.72. The molecule has 32 heavy (non-hydrogen) atoms. The second-order valence-corrected chi connectivity index (χ2v) is 8.27. The number of aryl methyl sites for hydroxylation is 1. The van der Waals surface area contributed by atoms with E-state index < -0.39 is 29.2 Å². The molecule has 4 rings (SSSR count). The van der Waals surface area contributed by atoms with E-state index in [2.05, 4.69) is 10.3 Å². The highest BCUT2D eigenvalue weighted by Crippen LogP contribution is 2.35. The molecule has 1 unspecified atom stereocenters. The van der Waals surface area contributed by atoms with Gasteiger partial charge in [0.2, 0.25) is 5.91 Å². The number of thiophene rings is 1. The lowest BCUT2D eigenvalue weighted by Crippen LogP contribution is -2.34. The van der Waals surface area contributed by atoms with E-state index >= 15 is 0 Å². The van der Waals surface area contributed by atoms with E-state index in [1.165, 1.54) is 41.0 Å². The number of carbonyl (C=O) groups is 1. The van der Waals surface area contributed by atoms with Crippen molar-refractivity contribution in [1.82, 2.24) is 9.55 Å². The summed E-state index contributed by atoms with van der Waals surface area (Å²) in [6.45, 7) is 3.05. The van der Waals surface area contributed by atoms with Crippen molar-refractivity contribution in [2.24, 2.45) is 0 Å². The maximum atomic E-state index is 13.3. The Morgan fingerprint density at radius 1 is 1.09 bits per heavy atom. The Hall–Kier alpha value is -3.46. The Labute approximate surface area is 185 Å². The van der Waals surface area contributed by atoms with Crippen molar-refractivity contribution in [3.05, 3.63) is 82.4 Å². The first kappa shape index (κ1) is 21.8. The molecule has 1 N–H and O–H groups in total. The van der Waals surface area contributed by atoms with Crippen LogP contribution >= 0.6 is 11.3 Å². The van der Waals surface area contributed by atoms with Crippen LogP contribution in [0.1, 0.15) is 24.4 Å². The van der Waals surface area contributed by atoms with Crippen molar-refractivity contribution < 1.29 is 18.0 Å². The molecule has 0 radical (unpaired) electrons. The molecule has 1 atom stereocenters. The van der Waals surface area contributed by atoms with Crippen LogP contribution < -0.4 is 10.9 Å². The third-order valence-corrected chi connectivity index (χ3v) is 6.17. The summed E-state index contributed by atoms with van der Waals surface area (Å²) >= 11 is 1.36. The smallest absolute Gasteiger partial charge is 0.324 e. The number of hydrogen-bond donors (Lipinski definition) is 1. The molecule has 9 heteroatoms. The number of nitrogens with one attached hydrogen (secondary N) is 1. The van der Waals surface area contributed by atoms with Crippen molar-refractivity contribution in [3.8, 4) is 10.4 Å². The number of aromatic nitrogens is 2. The molecule has 0 fully saturated rings. The van der Waals surface area contributed by atoms with E-state index in [4.69, 9.17) is 0 Å². The summed E-state index contributed by atoms with van der Waals surface area (Å²) in [4.78, 5) is 31.9. The molecule has 4 aromatic rings. The van der Waals surface area contributed by atoms with Crippen molar-refractivity contribution >= 4 is 33.1 Å². The van der Waals surface area contributed by atoms with Crippen molar-refractivity contribution in [2.45, 2.75) is 26.1 Å². The lowest BCUT2D eigenvalue weighted by atomic mass is 10.1. The summed E-state index contributed by atoms with van der Waals surface area (Å²) in [7, 11) is 0. The zero-order valence-corrected chi connectivity index (χ0v) is 17.9. The number of benzene rings is 2. The standard InChI is InChI=1S/C23H18F3N3O2S/c1-13(20(30)28-18-11-7-6-10-17(18)23(24,25)26)29-14(2)27-21-16(22(29)31)12-19(32-21)15-8-4-3-5-9-15/h3-13H,1-2H3,(H,28,30). The van der Waals surface area contributed by atoms with Crippen molar-refractivity contribution in [3.63, 3.8) is 0 Å². The fraction of sp³-hybridized carbons (Fsp3) is 0.174. The highest BCUT2D eigenvalue weighted by Gasteiger charge is 2.34. The first-order chi connectivity index (χ1) is 15.2. The number of halogens is 3. The van der Waals surface area contributed by atoms with Crippen LogP contribution in [-0.4, -0.2) is 15.5 Å². The number of para-hydroxylation sites is 1. The van der Waals surface area contributed by atoms with Gasteiger partial charge in [-0.3, -0.25) is 14.2 Å². The molecule has 0 aliphatic carbocycles. The molecule has 0 aliphatic heterocycles. The van der Waals surface area contributed by atoms with Crippen LogP contribution in [0.15, 0.2) is 65.5 Å². The van der Waals surface area contributed by atoms with Gasteiger partial charge in [-0.1, -0.05) is 42.5 Å². The third kappa shape index (κ3) is 4.03. The van der Waals surface area contributed by atoms with Crippen LogP contribution in [0, 0.1) is 6.92 Å². The van der Waals surface area contributed by atoms with Gasteiger partial charge in [-0.25, -0.2) is 4.98 Å². The summed E-state index contributed by atoms with van der Waals surface area (Å²) in [5.74, 6) is -0.442. The van der Waals surface area contributed by atoms with Crippen molar-refractivity contribution in [1.29, 1.82) is 0 Å². The Kier molecular flexibility index (Phi) is 5.60. The largest absolute Gasteiger partial charge is 0.418 e. The number of rotatable bonds is 4. The molecular formula is C23H18F3N3O2S. The van der Waals surface area contributed by atoms with Gasteiger partial charge >= 0.3 is 6.18 Å². The first-order valence-corrected chi connectivity index (χ1v) is 10.5. The fourth-order valence-corrected chi connectivity index (χ4v) is 4.56. The molecule has 2 aromatic carbocycles. The zero-order chi connectivity index (χ0) is 23.0. The lowest BCUT2D eigenvalue weighted by Gasteiger charge is -2.19. The maximum absolute atomic E-state index is 13.3. The quantitative estimate of drug-likeness (QED) is 0.431. The number of alkyl halides is 3. The van der Waals surface area contributed by atoms with Gasteiger partial charge in [-0.15, -0.1) is 11.3 Å². The molecule has 164 valence electrons. The highest BCUT2D eigenvalue weighted by atomic mass is 32.1. The third-order valence-electron chi connectivity index (χ3n) is 5.09. The van der Waals surface area contributed by atoms with Gasteiger partial charge in [0.05, 0.1) is 16.6 Å². The average molecular weight is 457 g/mol. The summed E-state index contributed by atoms with van der Waals surface area (Å²) in [6.07, 6.45) is -4.62. The molecule has 1 amide bonds. The van der Waals surface area contributed by atoms with Crippen LogP contribution in [0.3, 0.4) is 0 Å². The molecular weight excluding hydrogens is 439 g/mol. The number of carbonyl (C=O) groups excluding carboxylic acids is 1. The van der Waals surface area contributed by atoms with E-state index in [0.717, 1.165) is 16.5 Å². The Morgan fingerprint density at radius 3 is 2.44 bits per heavy atom. The number of hydrogen-bond acceptors (Lipinski definition) is 4. The number of amides is 1. The topological polar surface area (TPSA) is 64.0 Å². The van der Waals surface area contributed by atoms with E-state index in [1.54, 1.807) is 13.0 Å². The Morgan fingerprint density at radius 2 is 1.75 bits per heavy atom. The summed E-state index contributed by atoms with van der Waals surface area (Å²) < 4.78 is 41.0. The van der Waals surface area contributed by atoms with Crippen LogP contribution in [-0.2, 0) is 11.0 Å². The predicted molar refractivity (Wildman–Crippen MR) is 119 cm³/mol. The Bertz CT molecular complexity index is 1360. The van der Waals surface area contributed by atoms with E-state index in [-0.39, 0.29) is 5.69 Å². The summed E-state index contributed by atoms with van der Waals surface area (Å²) in [5.41, 5.74) is -0.798. The minimum atomic E-state index is -4.62. The van der Waals surface area contributed by atoms with Gasteiger partial charge in [-0.05, 0) is 37.6 Å². The van der Waals surface area contributed by atoms with E-state index in [0.29, 0.717) is 16.0 Å². The molecule has 0 aliphatic rings. The average Bonchev–Trinajstić information content (AvgIpc) is 3.18. The molecule has 0 saturated heterocycles. The molecule has 0 bridgehead atoms. The second kappa shape index (κ2) is 8.23. The molecule has 0 saturated carbocycles. The van der Waals surface area contributed by atoms with Crippen LogP contribution in [0.5, 0.6) is 0 Å². The lowest BCUT2D eigenvalue weighted by molar-refractivity contribution is -0.137. The Balaban J connectivity index is 1.70. The fourth-order valence-electron chi connectivity index (χ4n) is 3.49. The number of anilines is 1. The van der Waals surface area contributed by atoms with Crippen molar-refractivity contribution in [2.75, 3.05) is 5.32 Å². The van der Waals surface area contributed by atoms with Gasteiger partial charge in [0.25, 0.3) is 5.56 Å². The summed E-state index contributed by atoms with van der Waals surface area (Å²) in [6, 6.07) is 14.9. The highest BCUT2D eigenvalue weighted by molar-refractivity contribution is 7.21. The second-order valence-electron chi connectivity index (χ2n) is 7.24. The maximum Gasteiger partial charge on any atom is 0.418 e. The normalized spacial score (nSPS) is 12.7. The zero-order valence-electron chi connectivity index (χ0n) is 17.1. The monoisotopic (exact) mass is 457 g/mol. The SMILES string of the molecule is Cc1nc2sc(-c3ccccc3)cc2c(=O)n1C(C)C(=O)Nc1ccccc1C(F)(F)F. The van der Waals surface area contributed by atoms with Gasteiger partial charge in [0.1, 0.15) is 16.7 Å². The van der Waals surface area contributed by atoms with Crippen LogP contribution in [0.25, 0.3) is 20.7 Å². The number of nitrogens with zero attached hydrogens (tertiary/aromatic N) is 2. The van der Waals surface area contributed by atoms with Gasteiger partial charge in [0.15, 0.2) is 0 Å². The molecule has 0 spiro atoms. The van der Waals surface area contributed by atoms with E-state index in [9.17, 15) is 22.8 Å². The van der Waals surface area contributed by atoms with Crippen LogP contribution in [0.4, 0.5) is 18.9 Å². The van der Waals surface area contributed by atoms with Gasteiger partial charge in [0, 0.05) is 4.88 Å². The van der Waals surface area contributed by atoms with E-state index in [1.807, 2.05) is 30.3 Å². The van der Waals surface area contributed by atoms with Crippen LogP contribution in [0.2, 0.25) is 0 Å². The summed E-state index contributed by atoms with van der Waals surface area (Å²) in [5, 5.41) is 2.66. The predicted octanol–water partition coefficient (Wildman–Crippen LogP) is 5.65. The molecule has 2 aromatic heterocycles. The minimum absolute atomic E-state index is 0.302. The van der Waals surface area contributed by atoms with Gasteiger partial charge in [-0.2, -0.15) is 13.2 Å². The molecule has 2 heterocycles. The molecule has 5 nitrogen and oxygen atoms in total. The number of fused-ring (bicyclic) bond motifs is 1. The van der Waals surface area contributed by atoms with Gasteiger partial charge < -0.3 is 5.32 Å². The minimum Gasteiger partial charge on any atom is -0.324 e.